The van der Waals surface area contributed by atoms with Gasteiger partial charge in [-0.05, 0) is 71.4 Å². The molecule has 0 amide bonds. The first-order valence-electron chi connectivity index (χ1n) is 11.5. The van der Waals surface area contributed by atoms with Crippen molar-refractivity contribution in [3.63, 3.8) is 0 Å². The Morgan fingerprint density at radius 3 is 1.47 bits per heavy atom. The van der Waals surface area contributed by atoms with Crippen LogP contribution in [0.5, 0.6) is 0 Å². The first-order chi connectivity index (χ1) is 16.1. The lowest BCUT2D eigenvalue weighted by atomic mass is 10.3. The van der Waals surface area contributed by atoms with Crippen LogP contribution in [0.4, 0.5) is 0 Å². The van der Waals surface area contributed by atoms with Gasteiger partial charge in [-0.1, -0.05) is 37.3 Å². The number of para-hydroxylation sites is 4. The van der Waals surface area contributed by atoms with E-state index < -0.39 is 0 Å². The summed E-state index contributed by atoms with van der Waals surface area (Å²) in [6.07, 6.45) is 4.97. The zero-order valence-corrected chi connectivity index (χ0v) is 21.8. The molecule has 0 N–H and O–H groups in total. The van der Waals surface area contributed by atoms with Crippen LogP contribution in [0.1, 0.15) is 52.2 Å². The van der Waals surface area contributed by atoms with Crippen molar-refractivity contribution in [3.8, 4) is 0 Å². The van der Waals surface area contributed by atoms with Gasteiger partial charge in [0.05, 0.1) is 22.1 Å². The highest BCUT2D eigenvalue weighted by Crippen LogP contribution is 2.13. The lowest BCUT2D eigenvalue weighted by Gasteiger charge is -1.93. The normalized spacial score (nSPS) is 10.1. The lowest BCUT2D eigenvalue weighted by Crippen LogP contribution is -1.89. The Morgan fingerprint density at radius 2 is 1.24 bits per heavy atom. The van der Waals surface area contributed by atoms with Gasteiger partial charge < -0.3 is 13.9 Å². The van der Waals surface area contributed by atoms with Gasteiger partial charge in [-0.15, -0.1) is 0 Å². The van der Waals surface area contributed by atoms with E-state index in [4.69, 9.17) is 0 Å². The summed E-state index contributed by atoms with van der Waals surface area (Å²) in [5, 5.41) is 0. The molecule has 2 aromatic heterocycles. The van der Waals surface area contributed by atoms with E-state index >= 15 is 0 Å². The number of fused-ring (bicyclic) bond motifs is 2. The average Bonchev–Trinajstić information content (AvgIpc) is 3.24. The number of imidazole rings is 2. The minimum atomic E-state index is 0.109. The van der Waals surface area contributed by atoms with Gasteiger partial charge >= 0.3 is 0 Å². The lowest BCUT2D eigenvalue weighted by molar-refractivity contribution is -0.117. The zero-order valence-electron chi connectivity index (χ0n) is 21.8. The van der Waals surface area contributed by atoms with Crippen molar-refractivity contribution in [3.05, 3.63) is 72.3 Å². The van der Waals surface area contributed by atoms with E-state index in [9.17, 15) is 9.59 Å². The molecule has 0 aliphatic heterocycles. The summed E-state index contributed by atoms with van der Waals surface area (Å²) in [6, 6.07) is 16.3. The van der Waals surface area contributed by atoms with E-state index in [-0.39, 0.29) is 11.6 Å². The Morgan fingerprint density at radius 1 is 0.824 bits per heavy atom. The minimum Gasteiger partial charge on any atom is -0.331 e. The first kappa shape index (κ1) is 28.5. The fraction of sp³-hybridized carbons (Fsp3) is 0.357. The standard InChI is InChI=1S/2C9H10N2.C5H10O.C5H8O/c2*1-7-10-8-5-3-4-6-9(8)11(7)2;2*1-3-4-5(2)6/h2*3-6H,1-2H3;3-4H2,1-2H3;3-4H,1-2H3/b;;;4-3+. The Kier molecular flexibility index (Phi) is 12.2. The van der Waals surface area contributed by atoms with Crippen LogP contribution < -0.4 is 0 Å². The topological polar surface area (TPSA) is 69.8 Å². The predicted octanol–water partition coefficient (Wildman–Crippen LogP) is 6.29. The molecule has 0 saturated carbocycles. The second kappa shape index (κ2) is 14.6. The van der Waals surface area contributed by atoms with E-state index in [1.807, 2.05) is 78.2 Å². The van der Waals surface area contributed by atoms with Crippen molar-refractivity contribution in [1.29, 1.82) is 0 Å². The van der Waals surface area contributed by atoms with Gasteiger partial charge in [0.2, 0.25) is 0 Å². The van der Waals surface area contributed by atoms with E-state index in [2.05, 4.69) is 31.2 Å². The van der Waals surface area contributed by atoms with Gasteiger partial charge in [0.1, 0.15) is 17.4 Å². The van der Waals surface area contributed by atoms with Crippen LogP contribution in [0.2, 0.25) is 0 Å². The molecule has 2 aromatic carbocycles. The van der Waals surface area contributed by atoms with Crippen molar-refractivity contribution >= 4 is 33.6 Å². The highest BCUT2D eigenvalue weighted by atomic mass is 16.1. The van der Waals surface area contributed by atoms with Gasteiger partial charge in [-0.2, -0.15) is 0 Å². The molecule has 4 aromatic rings. The number of hydrogen-bond acceptors (Lipinski definition) is 4. The monoisotopic (exact) mass is 462 g/mol. The molecule has 6 heteroatoms. The molecule has 0 fully saturated rings. The van der Waals surface area contributed by atoms with Crippen molar-refractivity contribution in [2.45, 2.75) is 54.4 Å². The van der Waals surface area contributed by atoms with Crippen LogP contribution in [0.3, 0.4) is 0 Å². The minimum absolute atomic E-state index is 0.109. The summed E-state index contributed by atoms with van der Waals surface area (Å²) in [6.45, 7) is 11.0. The molecule has 0 unspecified atom stereocenters. The quantitative estimate of drug-likeness (QED) is 0.335. The van der Waals surface area contributed by atoms with E-state index in [1.54, 1.807) is 13.0 Å². The van der Waals surface area contributed by atoms with Gasteiger partial charge in [-0.25, -0.2) is 9.97 Å². The first-order valence-corrected chi connectivity index (χ1v) is 11.5. The number of aromatic nitrogens is 4. The van der Waals surface area contributed by atoms with E-state index in [0.29, 0.717) is 0 Å². The molecule has 0 bridgehead atoms. The number of Topliss-reactive ketones (excluding diaryl/α,β-unsaturated/α-hetero) is 1. The fourth-order valence-corrected chi connectivity index (χ4v) is 3.12. The van der Waals surface area contributed by atoms with Crippen LogP contribution in [0.15, 0.2) is 60.7 Å². The highest BCUT2D eigenvalue weighted by molar-refractivity contribution is 5.87. The Hall–Kier alpha value is -3.54. The van der Waals surface area contributed by atoms with Crippen LogP contribution in [-0.2, 0) is 23.7 Å². The van der Waals surface area contributed by atoms with Gasteiger partial charge in [0, 0.05) is 20.5 Å². The molecule has 0 spiro atoms. The van der Waals surface area contributed by atoms with Gasteiger partial charge in [0.15, 0.2) is 5.78 Å². The summed E-state index contributed by atoms with van der Waals surface area (Å²) in [7, 11) is 4.06. The Bertz CT molecular complexity index is 1150. The summed E-state index contributed by atoms with van der Waals surface area (Å²) in [5.41, 5.74) is 4.55. The molecule has 0 saturated heterocycles. The molecule has 0 atom stereocenters. The molecule has 0 radical (unpaired) electrons. The van der Waals surface area contributed by atoms with Crippen molar-refractivity contribution in [1.82, 2.24) is 19.1 Å². The molecule has 182 valence electrons. The molecule has 0 aliphatic carbocycles. The zero-order chi connectivity index (χ0) is 25.7. The number of rotatable bonds is 3. The number of ketones is 2. The molecule has 34 heavy (non-hydrogen) atoms. The van der Waals surface area contributed by atoms with Crippen LogP contribution in [0.25, 0.3) is 22.1 Å². The SMILES string of the molecule is C/C=C/C(C)=O.CCCC(C)=O.Cc1nc2ccccc2n1C.Cc1nc2ccccc2n1C. The average molecular weight is 463 g/mol. The summed E-state index contributed by atoms with van der Waals surface area (Å²) in [5.74, 6) is 2.52. The van der Waals surface area contributed by atoms with Crippen molar-refractivity contribution in [2.24, 2.45) is 14.1 Å². The molecular weight excluding hydrogens is 424 g/mol. The van der Waals surface area contributed by atoms with Crippen LogP contribution >= 0.6 is 0 Å². The Balaban J connectivity index is 0.000000238. The third-order valence-electron chi connectivity index (χ3n) is 5.02. The van der Waals surface area contributed by atoms with E-state index in [0.717, 1.165) is 35.5 Å². The van der Waals surface area contributed by atoms with Crippen LogP contribution in [0, 0.1) is 13.8 Å². The maximum Gasteiger partial charge on any atom is 0.152 e. The van der Waals surface area contributed by atoms with Crippen LogP contribution in [-0.4, -0.2) is 30.7 Å². The predicted molar refractivity (Wildman–Crippen MR) is 142 cm³/mol. The molecular formula is C28H38N4O2. The highest BCUT2D eigenvalue weighted by Gasteiger charge is 2.01. The third-order valence-corrected chi connectivity index (χ3v) is 5.02. The maximum atomic E-state index is 10.0. The number of nitrogens with zero attached hydrogens (tertiary/aromatic N) is 4. The van der Waals surface area contributed by atoms with Gasteiger partial charge in [0.25, 0.3) is 0 Å². The second-order valence-electron chi connectivity index (χ2n) is 7.98. The van der Waals surface area contributed by atoms with Crippen molar-refractivity contribution < 1.29 is 9.59 Å². The fourth-order valence-electron chi connectivity index (χ4n) is 3.12. The third kappa shape index (κ3) is 9.14. The maximum absolute atomic E-state index is 10.0. The summed E-state index contributed by atoms with van der Waals surface area (Å²) >= 11 is 0. The molecule has 2 heterocycles. The summed E-state index contributed by atoms with van der Waals surface area (Å²) in [4.78, 5) is 28.8. The number of aryl methyl sites for hydroxylation is 4. The van der Waals surface area contributed by atoms with Crippen molar-refractivity contribution in [2.75, 3.05) is 0 Å². The number of hydrogen-bond donors (Lipinski definition) is 0. The smallest absolute Gasteiger partial charge is 0.152 e. The molecule has 0 aliphatic rings. The summed E-state index contributed by atoms with van der Waals surface area (Å²) < 4.78 is 4.19. The Labute approximate surface area is 203 Å². The number of carbonyl (C=O) groups excluding carboxylic acids is 2. The number of benzene rings is 2. The second-order valence-corrected chi connectivity index (χ2v) is 7.98. The number of carbonyl (C=O) groups is 2. The number of allylic oxidation sites excluding steroid dienone is 2. The van der Waals surface area contributed by atoms with E-state index in [1.165, 1.54) is 24.0 Å². The largest absolute Gasteiger partial charge is 0.331 e. The molecule has 6 nitrogen and oxygen atoms in total. The van der Waals surface area contributed by atoms with Gasteiger partial charge in [-0.3, -0.25) is 4.79 Å². The molecule has 4 rings (SSSR count).